The molecular formula is C27H25N9OS. The standard InChI is InChI=1S/C19H16N4S.C8H9N5O/c1-3-17-18(15-7-5-4-6-8-15)23-16(13-24-19(23)21-17)10-9-14-11-20-22(2)12-14;1-10-8(14)5-6(9)12-13-4-2-3-11-7(5)13/h4-8,11-13H,3H2,1-2H3;2-4H,1H3,(H2,9,12)(H,10,14). The summed E-state index contributed by atoms with van der Waals surface area (Å²) in [7, 11) is 3.43. The molecule has 0 aliphatic carbocycles. The highest BCUT2D eigenvalue weighted by Gasteiger charge is 2.17. The van der Waals surface area contributed by atoms with Crippen LogP contribution in [0.1, 0.15) is 34.2 Å². The van der Waals surface area contributed by atoms with Gasteiger partial charge in [-0.15, -0.1) is 16.4 Å². The summed E-state index contributed by atoms with van der Waals surface area (Å²) in [6.07, 6.45) is 7.86. The van der Waals surface area contributed by atoms with E-state index in [1.165, 1.54) is 17.1 Å². The second-order valence-corrected chi connectivity index (χ2v) is 9.08. The molecule has 6 aromatic rings. The van der Waals surface area contributed by atoms with Gasteiger partial charge in [0.2, 0.25) is 0 Å². The van der Waals surface area contributed by atoms with E-state index in [1.807, 2.05) is 19.3 Å². The molecule has 0 radical (unpaired) electrons. The average Bonchev–Trinajstić information content (AvgIpc) is 3.70. The first-order valence-corrected chi connectivity index (χ1v) is 12.7. The number of amides is 1. The molecule has 6 rings (SSSR count). The van der Waals surface area contributed by atoms with Gasteiger partial charge < -0.3 is 11.1 Å². The van der Waals surface area contributed by atoms with E-state index < -0.39 is 0 Å². The van der Waals surface area contributed by atoms with Crippen molar-refractivity contribution in [3.05, 3.63) is 89.1 Å². The van der Waals surface area contributed by atoms with Crippen LogP contribution in [0, 0.1) is 11.8 Å². The molecule has 5 heterocycles. The van der Waals surface area contributed by atoms with Gasteiger partial charge in [0, 0.05) is 43.6 Å². The van der Waals surface area contributed by atoms with Gasteiger partial charge in [-0.2, -0.15) is 5.10 Å². The summed E-state index contributed by atoms with van der Waals surface area (Å²) in [4.78, 5) is 21.2. The summed E-state index contributed by atoms with van der Waals surface area (Å²) in [5.74, 6) is 6.37. The number of carbonyl (C=O) groups excluding carboxylic acids is 1. The molecule has 0 unspecified atom stereocenters. The van der Waals surface area contributed by atoms with Crippen molar-refractivity contribution in [3.8, 4) is 23.1 Å². The molecule has 1 amide bonds. The van der Waals surface area contributed by atoms with Crippen LogP contribution in [0.5, 0.6) is 0 Å². The van der Waals surface area contributed by atoms with Crippen LogP contribution >= 0.6 is 11.3 Å². The summed E-state index contributed by atoms with van der Waals surface area (Å²) in [5.41, 5.74) is 11.7. The molecule has 0 bridgehead atoms. The minimum atomic E-state index is -0.281. The van der Waals surface area contributed by atoms with Crippen molar-refractivity contribution in [2.24, 2.45) is 7.05 Å². The number of thiazole rings is 1. The lowest BCUT2D eigenvalue weighted by Gasteiger charge is -2.03. The van der Waals surface area contributed by atoms with Crippen LogP contribution in [0.25, 0.3) is 21.9 Å². The highest BCUT2D eigenvalue weighted by atomic mass is 32.1. The Kier molecular flexibility index (Phi) is 6.88. The molecule has 0 aliphatic rings. The van der Waals surface area contributed by atoms with E-state index >= 15 is 0 Å². The SMILES string of the molecule is CCc1nc2scc(C#Cc3cnn(C)c3)n2c1-c1ccccc1.CNC(=O)c1c(N)nn2cccnc12. The van der Waals surface area contributed by atoms with Gasteiger partial charge in [-0.3, -0.25) is 13.9 Å². The summed E-state index contributed by atoms with van der Waals surface area (Å²) in [5, 5.41) is 12.7. The quantitative estimate of drug-likeness (QED) is 0.343. The van der Waals surface area contributed by atoms with Gasteiger partial charge in [-0.25, -0.2) is 14.5 Å². The number of hydrogen-bond donors (Lipinski definition) is 2. The fourth-order valence-corrected chi connectivity index (χ4v) is 4.84. The van der Waals surface area contributed by atoms with Crippen molar-refractivity contribution < 1.29 is 4.79 Å². The van der Waals surface area contributed by atoms with E-state index in [-0.39, 0.29) is 11.7 Å². The maximum atomic E-state index is 11.4. The number of fused-ring (bicyclic) bond motifs is 2. The number of nitrogen functional groups attached to an aromatic ring is 1. The van der Waals surface area contributed by atoms with Crippen molar-refractivity contribution in [2.75, 3.05) is 12.8 Å². The maximum absolute atomic E-state index is 11.4. The number of imidazole rings is 1. The Bertz CT molecular complexity index is 1800. The minimum absolute atomic E-state index is 0.183. The number of nitrogens with zero attached hydrogens (tertiary/aromatic N) is 7. The van der Waals surface area contributed by atoms with Crippen LogP contribution in [-0.2, 0) is 13.5 Å². The fourth-order valence-electron chi connectivity index (χ4n) is 4.00. The highest BCUT2D eigenvalue weighted by molar-refractivity contribution is 7.15. The van der Waals surface area contributed by atoms with Gasteiger partial charge >= 0.3 is 0 Å². The second kappa shape index (κ2) is 10.6. The van der Waals surface area contributed by atoms with E-state index in [1.54, 1.807) is 40.7 Å². The summed E-state index contributed by atoms with van der Waals surface area (Å²) in [6, 6.07) is 12.1. The first-order valence-electron chi connectivity index (χ1n) is 11.9. The smallest absolute Gasteiger partial charge is 0.258 e. The highest BCUT2D eigenvalue weighted by Crippen LogP contribution is 2.29. The number of anilines is 1. The van der Waals surface area contributed by atoms with Crippen LogP contribution in [0.2, 0.25) is 0 Å². The lowest BCUT2D eigenvalue weighted by molar-refractivity contribution is 0.0965. The lowest BCUT2D eigenvalue weighted by Crippen LogP contribution is -2.19. The number of aryl methyl sites for hydroxylation is 2. The van der Waals surface area contributed by atoms with Crippen LogP contribution in [0.3, 0.4) is 0 Å². The first-order chi connectivity index (χ1) is 18.5. The molecule has 0 atom stereocenters. The molecule has 0 saturated heterocycles. The van der Waals surface area contributed by atoms with E-state index in [2.05, 4.69) is 73.3 Å². The molecule has 5 aromatic heterocycles. The normalized spacial score (nSPS) is 10.6. The Labute approximate surface area is 222 Å². The van der Waals surface area contributed by atoms with Crippen molar-refractivity contribution in [1.82, 2.24) is 39.1 Å². The number of carbonyl (C=O) groups is 1. The van der Waals surface area contributed by atoms with Gasteiger partial charge in [0.25, 0.3) is 5.91 Å². The molecule has 10 nitrogen and oxygen atoms in total. The topological polar surface area (TPSA) is 120 Å². The van der Waals surface area contributed by atoms with Gasteiger partial charge in [0.1, 0.15) is 11.3 Å². The molecule has 38 heavy (non-hydrogen) atoms. The number of aromatic nitrogens is 7. The van der Waals surface area contributed by atoms with E-state index in [0.717, 1.165) is 34.0 Å². The van der Waals surface area contributed by atoms with E-state index in [0.29, 0.717) is 11.2 Å². The largest absolute Gasteiger partial charge is 0.381 e. The third-order valence-electron chi connectivity index (χ3n) is 5.73. The summed E-state index contributed by atoms with van der Waals surface area (Å²) >= 11 is 1.63. The number of benzene rings is 1. The zero-order chi connectivity index (χ0) is 26.6. The van der Waals surface area contributed by atoms with Crippen molar-refractivity contribution in [2.45, 2.75) is 13.3 Å². The lowest BCUT2D eigenvalue weighted by atomic mass is 10.1. The van der Waals surface area contributed by atoms with Crippen LogP contribution in [0.4, 0.5) is 5.82 Å². The Morgan fingerprint density at radius 3 is 2.71 bits per heavy atom. The van der Waals surface area contributed by atoms with Crippen molar-refractivity contribution in [3.63, 3.8) is 0 Å². The molecule has 0 saturated carbocycles. The van der Waals surface area contributed by atoms with Gasteiger partial charge in [-0.05, 0) is 18.4 Å². The fraction of sp³-hybridized carbons (Fsp3) is 0.148. The van der Waals surface area contributed by atoms with E-state index in [9.17, 15) is 4.79 Å². The molecule has 3 N–H and O–H groups in total. The van der Waals surface area contributed by atoms with Crippen LogP contribution in [-0.4, -0.2) is 46.7 Å². The Morgan fingerprint density at radius 2 is 2.00 bits per heavy atom. The number of rotatable bonds is 3. The third-order valence-corrected chi connectivity index (χ3v) is 6.56. The summed E-state index contributed by atoms with van der Waals surface area (Å²) in [6.45, 7) is 2.14. The molecule has 190 valence electrons. The van der Waals surface area contributed by atoms with Gasteiger partial charge in [-0.1, -0.05) is 43.2 Å². The maximum Gasteiger partial charge on any atom is 0.258 e. The molecule has 0 spiro atoms. The van der Waals surface area contributed by atoms with Gasteiger partial charge in [0.15, 0.2) is 16.4 Å². The Hall–Kier alpha value is -4.95. The number of nitrogens with one attached hydrogen (secondary N) is 1. The van der Waals surface area contributed by atoms with E-state index in [4.69, 9.17) is 10.7 Å². The molecule has 1 aromatic carbocycles. The minimum Gasteiger partial charge on any atom is -0.381 e. The Balaban J connectivity index is 0.000000179. The summed E-state index contributed by atoms with van der Waals surface area (Å²) < 4.78 is 5.40. The van der Waals surface area contributed by atoms with Crippen LogP contribution in [0.15, 0.2) is 66.6 Å². The van der Waals surface area contributed by atoms with Crippen molar-refractivity contribution >= 4 is 33.7 Å². The number of hydrogen-bond acceptors (Lipinski definition) is 7. The molecule has 11 heteroatoms. The third kappa shape index (κ3) is 4.72. The zero-order valence-electron chi connectivity index (χ0n) is 21.1. The monoisotopic (exact) mass is 523 g/mol. The molecule has 0 aliphatic heterocycles. The molecular weight excluding hydrogens is 498 g/mol. The predicted molar refractivity (Wildman–Crippen MR) is 148 cm³/mol. The van der Waals surface area contributed by atoms with Crippen LogP contribution < -0.4 is 11.1 Å². The van der Waals surface area contributed by atoms with Crippen molar-refractivity contribution in [1.29, 1.82) is 0 Å². The second-order valence-electron chi connectivity index (χ2n) is 8.25. The average molecular weight is 524 g/mol. The predicted octanol–water partition coefficient (Wildman–Crippen LogP) is 3.43. The Morgan fingerprint density at radius 1 is 1.18 bits per heavy atom. The number of nitrogens with two attached hydrogens (primary N) is 1. The van der Waals surface area contributed by atoms with Gasteiger partial charge in [0.05, 0.1) is 23.1 Å². The zero-order valence-corrected chi connectivity index (χ0v) is 21.9. The molecule has 0 fully saturated rings. The first kappa shape index (κ1) is 24.7.